The van der Waals surface area contributed by atoms with E-state index >= 15 is 0 Å². The first-order chi connectivity index (χ1) is 3.43. The van der Waals surface area contributed by atoms with Crippen molar-refractivity contribution in [1.29, 1.82) is 0 Å². The number of nitrogens with zero attached hydrogens (tertiary/aromatic N) is 4. The minimum absolute atomic E-state index is 1.02. The molecule has 0 unspecified atom stereocenters. The van der Waals surface area contributed by atoms with Gasteiger partial charge in [-0.3, -0.25) is 0 Å². The molecular weight excluding hydrogens is 116 g/mol. The lowest BCUT2D eigenvalue weighted by Gasteiger charge is -1.85. The van der Waals surface area contributed by atoms with Gasteiger partial charge in [-0.15, -0.1) is 5.10 Å². The Morgan fingerprint density at radius 3 is 2.86 bits per heavy atom. The van der Waals surface area contributed by atoms with Gasteiger partial charge in [0.2, 0.25) is 0 Å². The van der Waals surface area contributed by atoms with Crippen molar-refractivity contribution in [2.45, 2.75) is 0 Å². The minimum Gasteiger partial charge on any atom is -0.324 e. The molecule has 0 aliphatic carbocycles. The smallest absolute Gasteiger partial charge is 0.181 e. The van der Waals surface area contributed by atoms with Crippen LogP contribution < -0.4 is 4.28 Å². The van der Waals surface area contributed by atoms with Crippen LogP contribution in [0, 0.1) is 0 Å². The summed E-state index contributed by atoms with van der Waals surface area (Å²) < 4.78 is 4.23. The number of hydrogen-bond acceptors (Lipinski definition) is 5. The fourth-order valence-corrected chi connectivity index (χ4v) is 0.265. The first-order valence-corrected chi connectivity index (χ1v) is 1.85. The molecular formula is CH2N4OS. The Balaban J connectivity index is 2.76. The Labute approximate surface area is 44.8 Å². The van der Waals surface area contributed by atoms with Crippen molar-refractivity contribution in [3.63, 3.8) is 0 Å². The van der Waals surface area contributed by atoms with Gasteiger partial charge in [-0.05, 0) is 10.4 Å². The SMILES string of the molecule is SOn1cnnn1. The molecule has 1 rings (SSSR count). The van der Waals surface area contributed by atoms with Gasteiger partial charge in [0.1, 0.15) is 0 Å². The zero-order chi connectivity index (χ0) is 5.11. The second kappa shape index (κ2) is 1.78. The third kappa shape index (κ3) is 0.801. The first kappa shape index (κ1) is 4.38. The van der Waals surface area contributed by atoms with Crippen LogP contribution in [0.2, 0.25) is 0 Å². The summed E-state index contributed by atoms with van der Waals surface area (Å²) in [7, 11) is 0. The monoisotopic (exact) mass is 118 g/mol. The summed E-state index contributed by atoms with van der Waals surface area (Å²) in [6, 6.07) is 0. The lowest BCUT2D eigenvalue weighted by atomic mass is 11.4. The Hall–Kier alpha value is -0.780. The van der Waals surface area contributed by atoms with Crippen molar-refractivity contribution in [3.8, 4) is 0 Å². The maximum atomic E-state index is 4.23. The summed E-state index contributed by atoms with van der Waals surface area (Å²) >= 11 is 3.40. The number of tetrazole rings is 1. The normalized spacial score (nSPS) is 8.71. The van der Waals surface area contributed by atoms with E-state index in [9.17, 15) is 0 Å². The average molecular weight is 118 g/mol. The van der Waals surface area contributed by atoms with E-state index in [1.807, 2.05) is 0 Å². The topological polar surface area (TPSA) is 52.8 Å². The van der Waals surface area contributed by atoms with Crippen molar-refractivity contribution < 1.29 is 4.28 Å². The molecule has 6 heteroatoms. The van der Waals surface area contributed by atoms with Gasteiger partial charge in [0.15, 0.2) is 6.33 Å². The molecule has 5 nitrogen and oxygen atoms in total. The Bertz CT molecular complexity index is 126. The van der Waals surface area contributed by atoms with Gasteiger partial charge in [0.05, 0.1) is 12.9 Å². The van der Waals surface area contributed by atoms with Crippen LogP contribution in [0.4, 0.5) is 0 Å². The summed E-state index contributed by atoms with van der Waals surface area (Å²) in [5.41, 5.74) is 0. The number of aromatic nitrogens is 4. The first-order valence-electron chi connectivity index (χ1n) is 1.48. The second-order valence-corrected chi connectivity index (χ2v) is 0.957. The quantitative estimate of drug-likeness (QED) is 0.377. The highest BCUT2D eigenvalue weighted by atomic mass is 32.1. The van der Waals surface area contributed by atoms with Gasteiger partial charge in [-0.1, -0.05) is 4.85 Å². The van der Waals surface area contributed by atoms with Gasteiger partial charge in [-0.25, -0.2) is 0 Å². The highest BCUT2D eigenvalue weighted by Crippen LogP contribution is 1.69. The predicted molar refractivity (Wildman–Crippen MR) is 23.4 cm³/mol. The van der Waals surface area contributed by atoms with Gasteiger partial charge in [0, 0.05) is 0 Å². The molecule has 0 aliphatic rings. The summed E-state index contributed by atoms with van der Waals surface area (Å²) in [6.45, 7) is 0. The molecule has 1 aromatic rings. The molecule has 0 bridgehead atoms. The molecule has 0 saturated heterocycles. The number of thiol groups is 1. The molecule has 0 amide bonds. The van der Waals surface area contributed by atoms with E-state index in [4.69, 9.17) is 0 Å². The molecule has 0 radical (unpaired) electrons. The van der Waals surface area contributed by atoms with Crippen molar-refractivity contribution in [1.82, 2.24) is 20.4 Å². The molecule has 0 spiro atoms. The van der Waals surface area contributed by atoms with E-state index in [2.05, 4.69) is 32.7 Å². The van der Waals surface area contributed by atoms with E-state index in [1.54, 1.807) is 0 Å². The lowest BCUT2D eigenvalue weighted by molar-refractivity contribution is 0.272. The summed E-state index contributed by atoms with van der Waals surface area (Å²) in [6.07, 6.45) is 1.28. The molecule has 0 fully saturated rings. The van der Waals surface area contributed by atoms with E-state index in [1.165, 1.54) is 6.33 Å². The fraction of sp³-hybridized carbons (Fsp3) is 0. The van der Waals surface area contributed by atoms with Crippen LogP contribution in [0.5, 0.6) is 0 Å². The average Bonchev–Trinajstić information content (AvgIpc) is 2.14. The van der Waals surface area contributed by atoms with Crippen LogP contribution in [0.25, 0.3) is 0 Å². The van der Waals surface area contributed by atoms with E-state index < -0.39 is 0 Å². The van der Waals surface area contributed by atoms with Gasteiger partial charge in [-0.2, -0.15) is 0 Å². The van der Waals surface area contributed by atoms with Crippen molar-refractivity contribution >= 4 is 12.9 Å². The van der Waals surface area contributed by atoms with Crippen LogP contribution in [0.15, 0.2) is 6.33 Å². The van der Waals surface area contributed by atoms with Crippen LogP contribution in [0.1, 0.15) is 0 Å². The number of rotatable bonds is 1. The van der Waals surface area contributed by atoms with Crippen LogP contribution >= 0.6 is 12.9 Å². The van der Waals surface area contributed by atoms with E-state index in [0.717, 1.165) is 4.85 Å². The van der Waals surface area contributed by atoms with Gasteiger partial charge in [0.25, 0.3) is 0 Å². The maximum Gasteiger partial charge on any atom is 0.181 e. The van der Waals surface area contributed by atoms with Gasteiger partial charge < -0.3 is 4.28 Å². The molecule has 1 aromatic heterocycles. The van der Waals surface area contributed by atoms with Crippen LogP contribution in [-0.4, -0.2) is 20.4 Å². The predicted octanol–water partition coefficient (Wildman–Crippen LogP) is -1.05. The minimum atomic E-state index is 1.02. The lowest BCUT2D eigenvalue weighted by Crippen LogP contribution is -1.99. The number of hydrogen-bond donors (Lipinski definition) is 1. The van der Waals surface area contributed by atoms with Crippen molar-refractivity contribution in [2.24, 2.45) is 0 Å². The Morgan fingerprint density at radius 1 is 1.71 bits per heavy atom. The largest absolute Gasteiger partial charge is 0.324 e. The van der Waals surface area contributed by atoms with Crippen LogP contribution in [0.3, 0.4) is 0 Å². The third-order valence-corrected chi connectivity index (χ3v) is 0.581. The third-order valence-electron chi connectivity index (χ3n) is 0.414. The van der Waals surface area contributed by atoms with Crippen LogP contribution in [-0.2, 0) is 0 Å². The summed E-state index contributed by atoms with van der Waals surface area (Å²) in [4.78, 5) is 1.02. The van der Waals surface area contributed by atoms with Crippen molar-refractivity contribution in [2.75, 3.05) is 0 Å². The maximum absolute atomic E-state index is 4.23. The molecule has 0 aliphatic heterocycles. The fourth-order valence-electron chi connectivity index (χ4n) is 0.190. The highest BCUT2D eigenvalue weighted by molar-refractivity contribution is 7.75. The Kier molecular flexibility index (Phi) is 1.12. The standard InChI is InChI=1S/CH2N4OS/c7-6-5-1-2-3-4-5/h1,7H. The highest BCUT2D eigenvalue weighted by Gasteiger charge is 1.81. The van der Waals surface area contributed by atoms with E-state index in [-0.39, 0.29) is 0 Å². The van der Waals surface area contributed by atoms with E-state index in [0.29, 0.717) is 0 Å². The second-order valence-electron chi connectivity index (χ2n) is 0.794. The zero-order valence-corrected chi connectivity index (χ0v) is 4.12. The molecule has 0 atom stereocenters. The zero-order valence-electron chi connectivity index (χ0n) is 3.22. The molecule has 0 aromatic carbocycles. The molecule has 38 valence electrons. The molecule has 7 heavy (non-hydrogen) atoms. The van der Waals surface area contributed by atoms with Gasteiger partial charge >= 0.3 is 0 Å². The summed E-state index contributed by atoms with van der Waals surface area (Å²) in [5, 5.41) is 9.79. The Morgan fingerprint density at radius 2 is 2.57 bits per heavy atom. The summed E-state index contributed by atoms with van der Waals surface area (Å²) in [5.74, 6) is 0. The van der Waals surface area contributed by atoms with Crippen molar-refractivity contribution in [3.05, 3.63) is 6.33 Å². The molecule has 0 saturated carbocycles. The molecule has 1 heterocycles. The molecule has 0 N–H and O–H groups in total.